The standard InChI is InChI=1S/C35H37ClN2O8/c1-3-45-35-27(13-15-43-17-18-44-16-14-39)28(23-7-5-4-6-8-23)21-31(46-35)32(40)37-25-10-12-30(22(2)19-25)38-33(41)26-11-9-24(36)20-29(26)34(38)42/h4-12,19-21,27-28,35,39H,3,13-18H2,1-2H3,(H,37,40). The molecule has 2 aliphatic heterocycles. The molecule has 5 rings (SSSR count). The third kappa shape index (κ3) is 7.49. The second-order valence-corrected chi connectivity index (χ2v) is 11.3. The van der Waals surface area contributed by atoms with Crippen LogP contribution in [0, 0.1) is 12.8 Å². The van der Waals surface area contributed by atoms with Gasteiger partial charge in [-0.2, -0.15) is 0 Å². The number of rotatable bonds is 14. The van der Waals surface area contributed by atoms with Gasteiger partial charge in [0.15, 0.2) is 5.76 Å². The number of imide groups is 1. The van der Waals surface area contributed by atoms with Crippen LogP contribution in [0.15, 0.2) is 78.6 Å². The Labute approximate surface area is 272 Å². The lowest BCUT2D eigenvalue weighted by atomic mass is 9.81. The number of nitrogens with zero attached hydrogens (tertiary/aromatic N) is 1. The Morgan fingerprint density at radius 2 is 1.70 bits per heavy atom. The SMILES string of the molecule is CCOC1OC(C(=O)Nc2ccc(N3C(=O)c4ccc(Cl)cc4C3=O)c(C)c2)=CC(c2ccccc2)C1CCOCCOCCO. The maximum absolute atomic E-state index is 13.6. The summed E-state index contributed by atoms with van der Waals surface area (Å²) in [7, 11) is 0. The van der Waals surface area contributed by atoms with Crippen molar-refractivity contribution in [2.75, 3.05) is 49.9 Å². The molecule has 2 aliphatic rings. The van der Waals surface area contributed by atoms with Crippen LogP contribution in [0.1, 0.15) is 51.1 Å². The van der Waals surface area contributed by atoms with Gasteiger partial charge in [-0.3, -0.25) is 14.4 Å². The first kappa shape index (κ1) is 33.3. The molecule has 0 fully saturated rings. The summed E-state index contributed by atoms with van der Waals surface area (Å²) < 4.78 is 23.2. The molecule has 0 radical (unpaired) electrons. The van der Waals surface area contributed by atoms with Crippen LogP contribution in [0.25, 0.3) is 0 Å². The molecule has 0 saturated heterocycles. The summed E-state index contributed by atoms with van der Waals surface area (Å²) in [6, 6.07) is 19.4. The van der Waals surface area contributed by atoms with Gasteiger partial charge in [-0.05, 0) is 73.9 Å². The second-order valence-electron chi connectivity index (χ2n) is 10.9. The normalized spacial score (nSPS) is 19.1. The molecule has 3 unspecified atom stereocenters. The average molecular weight is 649 g/mol. The largest absolute Gasteiger partial charge is 0.459 e. The van der Waals surface area contributed by atoms with Crippen molar-refractivity contribution in [1.82, 2.24) is 0 Å². The number of halogens is 1. The van der Waals surface area contributed by atoms with Crippen molar-refractivity contribution < 1.29 is 38.4 Å². The minimum atomic E-state index is -0.693. The number of nitrogens with one attached hydrogen (secondary N) is 1. The number of aliphatic hydroxyl groups is 1. The molecule has 0 aromatic heterocycles. The van der Waals surface area contributed by atoms with Crippen molar-refractivity contribution in [3.8, 4) is 0 Å². The van der Waals surface area contributed by atoms with Gasteiger partial charge in [0.1, 0.15) is 0 Å². The monoisotopic (exact) mass is 648 g/mol. The van der Waals surface area contributed by atoms with E-state index in [2.05, 4.69) is 5.32 Å². The first-order chi connectivity index (χ1) is 22.3. The van der Waals surface area contributed by atoms with E-state index in [9.17, 15) is 14.4 Å². The van der Waals surface area contributed by atoms with Gasteiger partial charge in [-0.1, -0.05) is 41.9 Å². The van der Waals surface area contributed by atoms with Crippen LogP contribution in [0.2, 0.25) is 5.02 Å². The number of allylic oxidation sites excluding steroid dienone is 1. The summed E-state index contributed by atoms with van der Waals surface area (Å²) in [6.45, 7) is 5.47. The fraction of sp³-hybridized carbons (Fsp3) is 0.343. The van der Waals surface area contributed by atoms with E-state index >= 15 is 0 Å². The third-order valence-electron chi connectivity index (χ3n) is 7.87. The Kier molecular flexibility index (Phi) is 11.2. The maximum Gasteiger partial charge on any atom is 0.290 e. The fourth-order valence-electron chi connectivity index (χ4n) is 5.71. The van der Waals surface area contributed by atoms with Gasteiger partial charge in [0.2, 0.25) is 6.29 Å². The highest BCUT2D eigenvalue weighted by Crippen LogP contribution is 2.39. The number of hydrogen-bond donors (Lipinski definition) is 2. The molecule has 0 aliphatic carbocycles. The highest BCUT2D eigenvalue weighted by atomic mass is 35.5. The average Bonchev–Trinajstić information content (AvgIpc) is 3.29. The molecule has 3 amide bonds. The summed E-state index contributed by atoms with van der Waals surface area (Å²) in [4.78, 5) is 40.9. The number of carbonyl (C=O) groups excluding carboxylic acids is 3. The van der Waals surface area contributed by atoms with Crippen LogP contribution in [-0.4, -0.2) is 68.8 Å². The minimum absolute atomic E-state index is 0.0344. The Balaban J connectivity index is 1.32. The maximum atomic E-state index is 13.6. The lowest BCUT2D eigenvalue weighted by Gasteiger charge is -2.37. The van der Waals surface area contributed by atoms with Gasteiger partial charge in [-0.15, -0.1) is 0 Å². The van der Waals surface area contributed by atoms with E-state index in [4.69, 9.17) is 35.7 Å². The Morgan fingerprint density at radius 3 is 2.41 bits per heavy atom. The molecule has 11 heteroatoms. The van der Waals surface area contributed by atoms with E-state index in [0.29, 0.717) is 60.4 Å². The Hall–Kier alpha value is -4.06. The van der Waals surface area contributed by atoms with Crippen LogP contribution in [0.4, 0.5) is 11.4 Å². The van der Waals surface area contributed by atoms with E-state index in [0.717, 1.165) is 10.5 Å². The van der Waals surface area contributed by atoms with E-state index in [1.807, 2.05) is 43.3 Å². The number of fused-ring (bicyclic) bond motifs is 1. The zero-order chi connectivity index (χ0) is 32.6. The lowest BCUT2D eigenvalue weighted by Crippen LogP contribution is -2.38. The third-order valence-corrected chi connectivity index (χ3v) is 8.11. The predicted molar refractivity (Wildman–Crippen MR) is 173 cm³/mol. The molecule has 0 bridgehead atoms. The Morgan fingerprint density at radius 1 is 0.957 bits per heavy atom. The molecule has 2 N–H and O–H groups in total. The molecule has 46 heavy (non-hydrogen) atoms. The van der Waals surface area contributed by atoms with Crippen LogP contribution in [-0.2, 0) is 23.7 Å². The topological polar surface area (TPSA) is 124 Å². The van der Waals surface area contributed by atoms with Crippen LogP contribution < -0.4 is 10.2 Å². The van der Waals surface area contributed by atoms with Crippen molar-refractivity contribution >= 4 is 40.7 Å². The van der Waals surface area contributed by atoms with Gasteiger partial charge in [0.05, 0.1) is 43.2 Å². The van der Waals surface area contributed by atoms with Crippen LogP contribution in [0.3, 0.4) is 0 Å². The molecule has 0 saturated carbocycles. The minimum Gasteiger partial charge on any atom is -0.459 e. The number of benzene rings is 3. The summed E-state index contributed by atoms with van der Waals surface area (Å²) in [6.07, 6.45) is 1.74. The van der Waals surface area contributed by atoms with Crippen molar-refractivity contribution in [2.45, 2.75) is 32.5 Å². The number of ether oxygens (including phenoxy) is 4. The number of aryl methyl sites for hydroxylation is 1. The van der Waals surface area contributed by atoms with Crippen molar-refractivity contribution in [1.29, 1.82) is 0 Å². The molecule has 10 nitrogen and oxygen atoms in total. The lowest BCUT2D eigenvalue weighted by molar-refractivity contribution is -0.166. The Bertz CT molecular complexity index is 1590. The van der Waals surface area contributed by atoms with Gasteiger partial charge in [0, 0.05) is 35.8 Å². The van der Waals surface area contributed by atoms with Crippen LogP contribution >= 0.6 is 11.6 Å². The number of carbonyl (C=O) groups is 3. The van der Waals surface area contributed by atoms with Gasteiger partial charge in [0.25, 0.3) is 17.7 Å². The summed E-state index contributed by atoms with van der Waals surface area (Å²) in [5.41, 5.74) is 3.07. The molecule has 3 atom stereocenters. The highest BCUT2D eigenvalue weighted by molar-refractivity contribution is 6.37. The van der Waals surface area contributed by atoms with Crippen molar-refractivity contribution in [2.24, 2.45) is 5.92 Å². The predicted octanol–water partition coefficient (Wildman–Crippen LogP) is 5.48. The number of anilines is 2. The van der Waals surface area contributed by atoms with Crippen molar-refractivity contribution in [3.05, 3.63) is 106 Å². The quantitative estimate of drug-likeness (QED) is 0.174. The van der Waals surface area contributed by atoms with Gasteiger partial charge >= 0.3 is 0 Å². The molecule has 0 spiro atoms. The second kappa shape index (κ2) is 15.5. The van der Waals surface area contributed by atoms with E-state index < -0.39 is 24.0 Å². The highest BCUT2D eigenvalue weighted by Gasteiger charge is 2.39. The number of aliphatic hydroxyl groups excluding tert-OH is 1. The first-order valence-electron chi connectivity index (χ1n) is 15.2. The van der Waals surface area contributed by atoms with Gasteiger partial charge in [-0.25, -0.2) is 4.90 Å². The van der Waals surface area contributed by atoms with E-state index in [1.54, 1.807) is 37.3 Å². The molecular weight excluding hydrogens is 612 g/mol. The van der Waals surface area contributed by atoms with Crippen LogP contribution in [0.5, 0.6) is 0 Å². The summed E-state index contributed by atoms with van der Waals surface area (Å²) >= 11 is 6.06. The smallest absolute Gasteiger partial charge is 0.290 e. The molecular formula is C35H37ClN2O8. The number of amides is 3. The summed E-state index contributed by atoms with van der Waals surface area (Å²) in [5.74, 6) is -1.53. The fourth-order valence-corrected chi connectivity index (χ4v) is 5.88. The zero-order valence-electron chi connectivity index (χ0n) is 25.7. The summed E-state index contributed by atoms with van der Waals surface area (Å²) in [5, 5.41) is 12.1. The molecule has 2 heterocycles. The van der Waals surface area contributed by atoms with Crippen molar-refractivity contribution in [3.63, 3.8) is 0 Å². The first-order valence-corrected chi connectivity index (χ1v) is 15.6. The zero-order valence-corrected chi connectivity index (χ0v) is 26.5. The van der Waals surface area contributed by atoms with E-state index in [-0.39, 0.29) is 36.4 Å². The number of hydrogen-bond acceptors (Lipinski definition) is 8. The molecule has 3 aromatic rings. The molecule has 3 aromatic carbocycles. The van der Waals surface area contributed by atoms with Gasteiger partial charge < -0.3 is 29.4 Å². The van der Waals surface area contributed by atoms with E-state index in [1.165, 1.54) is 6.07 Å². The molecule has 242 valence electrons.